The Morgan fingerprint density at radius 3 is 2.89 bits per heavy atom. The second kappa shape index (κ2) is 4.98. The summed E-state index contributed by atoms with van der Waals surface area (Å²) in [5, 5.41) is 15.6. The molecular weight excluding hydrogens is 228 g/mol. The highest BCUT2D eigenvalue weighted by molar-refractivity contribution is 5.98. The molecule has 1 aliphatic heterocycles. The summed E-state index contributed by atoms with van der Waals surface area (Å²) >= 11 is 0. The van der Waals surface area contributed by atoms with Crippen LogP contribution in [0, 0.1) is 6.92 Å². The fourth-order valence-electron chi connectivity index (χ4n) is 2.49. The number of phenols is 1. The number of aryl methyl sites for hydroxylation is 1. The van der Waals surface area contributed by atoms with Crippen LogP contribution in [0.3, 0.4) is 0 Å². The van der Waals surface area contributed by atoms with Crippen molar-refractivity contribution in [1.82, 2.24) is 5.32 Å². The lowest BCUT2D eigenvalue weighted by atomic mass is 9.93. The molecule has 1 unspecified atom stereocenters. The Labute approximate surface area is 107 Å². The lowest BCUT2D eigenvalue weighted by molar-refractivity contribution is -0.122. The van der Waals surface area contributed by atoms with Crippen molar-refractivity contribution in [3.05, 3.63) is 23.8 Å². The molecule has 3 N–H and O–H groups in total. The first kappa shape index (κ1) is 12.9. The highest BCUT2D eigenvalue weighted by atomic mass is 16.3. The number of benzene rings is 1. The molecule has 0 aromatic heterocycles. The molecule has 18 heavy (non-hydrogen) atoms. The number of rotatable bonds is 3. The summed E-state index contributed by atoms with van der Waals surface area (Å²) in [6.45, 7) is 4.80. The van der Waals surface area contributed by atoms with Crippen LogP contribution in [0.25, 0.3) is 0 Å². The molecule has 1 atom stereocenters. The minimum Gasteiger partial charge on any atom is -0.508 e. The van der Waals surface area contributed by atoms with Gasteiger partial charge in [-0.3, -0.25) is 4.79 Å². The number of phenolic OH excluding ortho intramolecular Hbond substituents is 1. The van der Waals surface area contributed by atoms with E-state index in [1.165, 1.54) is 0 Å². The topological polar surface area (TPSA) is 61.4 Å². The molecule has 0 radical (unpaired) electrons. The maximum Gasteiger partial charge on any atom is 0.244 e. The molecule has 1 aromatic rings. The lowest BCUT2D eigenvalue weighted by Gasteiger charge is -2.27. The van der Waals surface area contributed by atoms with Crippen LogP contribution in [-0.2, 0) is 4.79 Å². The Morgan fingerprint density at radius 1 is 1.56 bits per heavy atom. The molecule has 98 valence electrons. The van der Waals surface area contributed by atoms with Crippen LogP contribution in [0.4, 0.5) is 5.69 Å². The van der Waals surface area contributed by atoms with E-state index in [4.69, 9.17) is 0 Å². The number of hydrogen-bond donors (Lipinski definition) is 3. The van der Waals surface area contributed by atoms with Crippen molar-refractivity contribution in [2.24, 2.45) is 0 Å². The summed E-state index contributed by atoms with van der Waals surface area (Å²) in [4.78, 5) is 12.4. The molecule has 4 heteroatoms. The minimum absolute atomic E-state index is 0.0243. The van der Waals surface area contributed by atoms with Crippen LogP contribution < -0.4 is 10.6 Å². The number of hydrogen-bond acceptors (Lipinski definition) is 3. The zero-order valence-corrected chi connectivity index (χ0v) is 10.9. The number of aromatic hydroxyl groups is 1. The largest absolute Gasteiger partial charge is 0.508 e. The molecule has 0 aliphatic carbocycles. The van der Waals surface area contributed by atoms with Gasteiger partial charge in [0.2, 0.25) is 5.91 Å². The summed E-state index contributed by atoms with van der Waals surface area (Å²) in [7, 11) is 0. The molecule has 1 heterocycles. The van der Waals surface area contributed by atoms with Gasteiger partial charge in [0.15, 0.2) is 0 Å². The van der Waals surface area contributed by atoms with E-state index in [0.29, 0.717) is 0 Å². The van der Waals surface area contributed by atoms with E-state index >= 15 is 0 Å². The van der Waals surface area contributed by atoms with Crippen LogP contribution in [0.5, 0.6) is 5.75 Å². The molecule has 0 saturated carbocycles. The zero-order valence-electron chi connectivity index (χ0n) is 10.9. The molecule has 0 bridgehead atoms. The molecule has 1 saturated heterocycles. The first-order valence-corrected chi connectivity index (χ1v) is 6.43. The Bertz CT molecular complexity index is 451. The molecule has 1 aliphatic rings. The summed E-state index contributed by atoms with van der Waals surface area (Å²) in [5.41, 5.74) is 1.21. The Balaban J connectivity index is 2.15. The fraction of sp³-hybridized carbons (Fsp3) is 0.500. The van der Waals surface area contributed by atoms with Crippen LogP contribution >= 0.6 is 0 Å². The van der Waals surface area contributed by atoms with Gasteiger partial charge in [-0.1, -0.05) is 6.92 Å². The standard InChI is InChI=1S/C14H20N2O2/c1-3-14(7-4-8-15-14)13(18)16-12-6-5-11(17)9-10(12)2/h5-6,9,15,17H,3-4,7-8H2,1-2H3,(H,16,18). The van der Waals surface area contributed by atoms with Crippen molar-refractivity contribution in [2.75, 3.05) is 11.9 Å². The maximum atomic E-state index is 12.4. The third kappa shape index (κ3) is 2.34. The molecule has 1 fully saturated rings. The van der Waals surface area contributed by atoms with Crippen molar-refractivity contribution < 1.29 is 9.90 Å². The van der Waals surface area contributed by atoms with E-state index in [2.05, 4.69) is 10.6 Å². The van der Waals surface area contributed by atoms with Gasteiger partial charge >= 0.3 is 0 Å². The third-order valence-corrected chi connectivity index (χ3v) is 3.74. The van der Waals surface area contributed by atoms with Gasteiger partial charge in [-0.25, -0.2) is 0 Å². The molecule has 4 nitrogen and oxygen atoms in total. The lowest BCUT2D eigenvalue weighted by Crippen LogP contribution is -2.50. The third-order valence-electron chi connectivity index (χ3n) is 3.74. The van der Waals surface area contributed by atoms with Gasteiger partial charge in [0.25, 0.3) is 0 Å². The Hall–Kier alpha value is -1.55. The number of nitrogens with one attached hydrogen (secondary N) is 2. The smallest absolute Gasteiger partial charge is 0.244 e. The minimum atomic E-state index is -0.426. The van der Waals surface area contributed by atoms with Gasteiger partial charge < -0.3 is 15.7 Å². The second-order valence-electron chi connectivity index (χ2n) is 4.92. The summed E-state index contributed by atoms with van der Waals surface area (Å²) in [6, 6.07) is 4.97. The number of anilines is 1. The van der Waals surface area contributed by atoms with E-state index in [1.807, 2.05) is 13.8 Å². The zero-order chi connectivity index (χ0) is 13.2. The Morgan fingerprint density at radius 2 is 2.33 bits per heavy atom. The molecule has 0 spiro atoms. The Kier molecular flexibility index (Phi) is 3.57. The molecular formula is C14H20N2O2. The average Bonchev–Trinajstić information content (AvgIpc) is 2.82. The van der Waals surface area contributed by atoms with Crippen molar-refractivity contribution in [3.63, 3.8) is 0 Å². The van der Waals surface area contributed by atoms with Crippen molar-refractivity contribution >= 4 is 11.6 Å². The van der Waals surface area contributed by atoms with Gasteiger partial charge in [0.1, 0.15) is 5.75 Å². The predicted octanol–water partition coefficient (Wildman–Crippen LogP) is 2.17. The van der Waals surface area contributed by atoms with Gasteiger partial charge in [0.05, 0.1) is 5.54 Å². The van der Waals surface area contributed by atoms with E-state index in [0.717, 1.165) is 37.1 Å². The highest BCUT2D eigenvalue weighted by Crippen LogP contribution is 2.26. The molecule has 2 rings (SSSR count). The van der Waals surface area contributed by atoms with Crippen molar-refractivity contribution in [3.8, 4) is 5.75 Å². The van der Waals surface area contributed by atoms with Crippen LogP contribution in [0.15, 0.2) is 18.2 Å². The number of carbonyl (C=O) groups excluding carboxylic acids is 1. The van der Waals surface area contributed by atoms with E-state index in [9.17, 15) is 9.90 Å². The normalized spacial score (nSPS) is 23.0. The second-order valence-corrected chi connectivity index (χ2v) is 4.92. The van der Waals surface area contributed by atoms with E-state index < -0.39 is 5.54 Å². The van der Waals surface area contributed by atoms with Gasteiger partial charge in [-0.15, -0.1) is 0 Å². The van der Waals surface area contributed by atoms with Crippen LogP contribution in [0.1, 0.15) is 31.7 Å². The summed E-state index contributed by atoms with van der Waals surface area (Å²) in [6.07, 6.45) is 2.71. The average molecular weight is 248 g/mol. The van der Waals surface area contributed by atoms with Crippen molar-refractivity contribution in [2.45, 2.75) is 38.6 Å². The van der Waals surface area contributed by atoms with Gasteiger partial charge in [-0.05, 0) is 56.5 Å². The van der Waals surface area contributed by atoms with Gasteiger partial charge in [0, 0.05) is 5.69 Å². The van der Waals surface area contributed by atoms with Crippen LogP contribution in [0.2, 0.25) is 0 Å². The highest BCUT2D eigenvalue weighted by Gasteiger charge is 2.39. The first-order valence-electron chi connectivity index (χ1n) is 6.43. The van der Waals surface area contributed by atoms with E-state index in [1.54, 1.807) is 18.2 Å². The monoisotopic (exact) mass is 248 g/mol. The fourth-order valence-corrected chi connectivity index (χ4v) is 2.49. The van der Waals surface area contributed by atoms with Crippen molar-refractivity contribution in [1.29, 1.82) is 0 Å². The SMILES string of the molecule is CCC1(C(=O)Nc2ccc(O)cc2C)CCCN1. The quantitative estimate of drug-likeness (QED) is 0.718. The summed E-state index contributed by atoms with van der Waals surface area (Å²) < 4.78 is 0. The van der Waals surface area contributed by atoms with Crippen LogP contribution in [-0.4, -0.2) is 23.1 Å². The molecule has 1 aromatic carbocycles. The predicted molar refractivity (Wildman–Crippen MR) is 71.7 cm³/mol. The number of amides is 1. The van der Waals surface area contributed by atoms with Gasteiger partial charge in [-0.2, -0.15) is 0 Å². The first-order chi connectivity index (χ1) is 8.57. The summed E-state index contributed by atoms with van der Waals surface area (Å²) in [5.74, 6) is 0.242. The molecule has 1 amide bonds. The maximum absolute atomic E-state index is 12.4. The number of carbonyl (C=O) groups is 1. The van der Waals surface area contributed by atoms with E-state index in [-0.39, 0.29) is 11.7 Å².